The largest absolute Gasteiger partial charge is 0.355 e. The van der Waals surface area contributed by atoms with Gasteiger partial charge in [-0.1, -0.05) is 41.6 Å². The van der Waals surface area contributed by atoms with Crippen LogP contribution in [0.5, 0.6) is 0 Å². The molecule has 156 valence electrons. The van der Waals surface area contributed by atoms with Crippen LogP contribution in [0.25, 0.3) is 16.7 Å². The zero-order valence-corrected chi connectivity index (χ0v) is 17.7. The van der Waals surface area contributed by atoms with Gasteiger partial charge in [-0.05, 0) is 44.2 Å². The van der Waals surface area contributed by atoms with Gasteiger partial charge in [0.05, 0.1) is 16.7 Å². The molecule has 2 aromatic heterocycles. The first kappa shape index (κ1) is 20.4. The number of nitrogens with zero attached hydrogens (tertiary/aromatic N) is 4. The van der Waals surface area contributed by atoms with Gasteiger partial charge in [-0.3, -0.25) is 18.6 Å². The summed E-state index contributed by atoms with van der Waals surface area (Å²) in [5.41, 5.74) is 2.05. The quantitative estimate of drug-likeness (QED) is 0.444. The van der Waals surface area contributed by atoms with Crippen LogP contribution in [0, 0.1) is 0 Å². The van der Waals surface area contributed by atoms with E-state index in [2.05, 4.69) is 28.2 Å². The van der Waals surface area contributed by atoms with Crippen molar-refractivity contribution >= 4 is 34.3 Å². The molecule has 1 N–H and O–H groups in total. The number of benzene rings is 1. The van der Waals surface area contributed by atoms with E-state index < -0.39 is 0 Å². The average Bonchev–Trinajstić information content (AvgIpc) is 3.20. The molecule has 0 fully saturated rings. The minimum atomic E-state index is -0.128. The van der Waals surface area contributed by atoms with Crippen molar-refractivity contribution in [1.82, 2.24) is 24.5 Å². The smallest absolute Gasteiger partial charge is 0.263 e. The minimum Gasteiger partial charge on any atom is -0.355 e. The summed E-state index contributed by atoms with van der Waals surface area (Å²) in [6.45, 7) is 4.73. The fourth-order valence-corrected chi connectivity index (χ4v) is 4.57. The van der Waals surface area contributed by atoms with E-state index in [-0.39, 0.29) is 17.2 Å². The highest BCUT2D eigenvalue weighted by Gasteiger charge is 2.17. The van der Waals surface area contributed by atoms with Gasteiger partial charge in [0.2, 0.25) is 11.7 Å². The molecule has 1 amide bonds. The monoisotopic (exact) mass is 423 g/mol. The Morgan fingerprint density at radius 3 is 2.93 bits per heavy atom. The zero-order valence-electron chi connectivity index (χ0n) is 16.8. The van der Waals surface area contributed by atoms with E-state index in [4.69, 9.17) is 0 Å². The van der Waals surface area contributed by atoms with Crippen molar-refractivity contribution in [2.45, 2.75) is 43.8 Å². The fraction of sp³-hybridized carbons (Fsp3) is 0.364. The first-order valence-corrected chi connectivity index (χ1v) is 11.2. The maximum atomic E-state index is 12.8. The Balaban J connectivity index is 1.50. The summed E-state index contributed by atoms with van der Waals surface area (Å²) in [5.74, 6) is 0.664. The molecule has 0 atom stereocenters. The van der Waals surface area contributed by atoms with Crippen molar-refractivity contribution in [2.24, 2.45) is 0 Å². The molecule has 0 bridgehead atoms. The third kappa shape index (κ3) is 4.18. The van der Waals surface area contributed by atoms with Crippen LogP contribution in [0.2, 0.25) is 0 Å². The number of nitrogens with one attached hydrogen (secondary N) is 1. The number of aromatic nitrogens is 4. The zero-order chi connectivity index (χ0) is 20.9. The van der Waals surface area contributed by atoms with Crippen LogP contribution in [0.4, 0.5) is 0 Å². The number of carbonyl (C=O) groups is 1. The number of carbonyl (C=O) groups excluding carboxylic acids is 1. The Bertz CT molecular complexity index is 1180. The SMILES string of the molecule is C=CCn1c(=O)c2ccccc2n2c(SCC(=O)NCCC3=CCCCC3)nnc12. The van der Waals surface area contributed by atoms with Crippen molar-refractivity contribution in [2.75, 3.05) is 12.3 Å². The predicted octanol–water partition coefficient (Wildman–Crippen LogP) is 3.33. The van der Waals surface area contributed by atoms with Crippen molar-refractivity contribution in [3.63, 3.8) is 0 Å². The number of amides is 1. The summed E-state index contributed by atoms with van der Waals surface area (Å²) in [6, 6.07) is 7.37. The van der Waals surface area contributed by atoms with Gasteiger partial charge in [0.25, 0.3) is 5.56 Å². The molecule has 1 aliphatic carbocycles. The summed E-state index contributed by atoms with van der Waals surface area (Å²) in [5, 5.41) is 12.6. The molecule has 0 aliphatic heterocycles. The topological polar surface area (TPSA) is 81.3 Å². The summed E-state index contributed by atoms with van der Waals surface area (Å²) >= 11 is 1.32. The van der Waals surface area contributed by atoms with E-state index in [1.807, 2.05) is 22.6 Å². The Morgan fingerprint density at radius 2 is 2.13 bits per heavy atom. The molecule has 4 rings (SSSR count). The van der Waals surface area contributed by atoms with Crippen LogP contribution in [0.15, 0.2) is 58.5 Å². The van der Waals surface area contributed by atoms with Crippen molar-refractivity contribution in [1.29, 1.82) is 0 Å². The summed E-state index contributed by atoms with van der Waals surface area (Å²) in [4.78, 5) is 25.1. The van der Waals surface area contributed by atoms with Gasteiger partial charge in [-0.2, -0.15) is 0 Å². The lowest BCUT2D eigenvalue weighted by molar-refractivity contribution is -0.118. The van der Waals surface area contributed by atoms with Gasteiger partial charge in [0.15, 0.2) is 5.16 Å². The summed E-state index contributed by atoms with van der Waals surface area (Å²) in [6.07, 6.45) is 9.71. The van der Waals surface area contributed by atoms with E-state index in [0.29, 0.717) is 29.4 Å². The maximum absolute atomic E-state index is 12.8. The van der Waals surface area contributed by atoms with E-state index in [9.17, 15) is 9.59 Å². The van der Waals surface area contributed by atoms with Crippen LogP contribution in [0.1, 0.15) is 32.1 Å². The van der Waals surface area contributed by atoms with Gasteiger partial charge in [-0.15, -0.1) is 16.8 Å². The first-order valence-electron chi connectivity index (χ1n) is 10.2. The molecule has 3 aromatic rings. The third-order valence-electron chi connectivity index (χ3n) is 5.28. The second-order valence-electron chi connectivity index (χ2n) is 7.34. The van der Waals surface area contributed by atoms with Gasteiger partial charge in [0.1, 0.15) is 0 Å². The lowest BCUT2D eigenvalue weighted by Crippen LogP contribution is -2.26. The van der Waals surface area contributed by atoms with Crippen LogP contribution in [-0.2, 0) is 11.3 Å². The number of allylic oxidation sites excluding steroid dienone is 2. The third-order valence-corrected chi connectivity index (χ3v) is 6.20. The number of thioether (sulfide) groups is 1. The molecule has 0 spiro atoms. The van der Waals surface area contributed by atoms with Crippen molar-refractivity contribution in [3.8, 4) is 0 Å². The minimum absolute atomic E-state index is 0.0307. The van der Waals surface area contributed by atoms with E-state index in [0.717, 1.165) is 24.8 Å². The second-order valence-corrected chi connectivity index (χ2v) is 8.28. The molecule has 0 radical (unpaired) electrons. The van der Waals surface area contributed by atoms with Crippen LogP contribution in [0.3, 0.4) is 0 Å². The number of para-hydroxylation sites is 1. The molecule has 1 aromatic carbocycles. The highest BCUT2D eigenvalue weighted by atomic mass is 32.2. The summed E-state index contributed by atoms with van der Waals surface area (Å²) in [7, 11) is 0. The molecule has 30 heavy (non-hydrogen) atoms. The average molecular weight is 424 g/mol. The Kier molecular flexibility index (Phi) is 6.32. The highest BCUT2D eigenvalue weighted by molar-refractivity contribution is 7.99. The number of hydrogen-bond acceptors (Lipinski definition) is 5. The number of hydrogen-bond donors (Lipinski definition) is 1. The van der Waals surface area contributed by atoms with Crippen LogP contribution < -0.4 is 10.9 Å². The normalized spacial score (nSPS) is 14.1. The Labute approximate surface area is 178 Å². The second kappa shape index (κ2) is 9.30. The molecular formula is C22H25N5O2S. The molecular weight excluding hydrogens is 398 g/mol. The van der Waals surface area contributed by atoms with Crippen LogP contribution in [-0.4, -0.2) is 37.4 Å². The lowest BCUT2D eigenvalue weighted by Gasteiger charge is -2.13. The molecule has 0 saturated heterocycles. The van der Waals surface area contributed by atoms with Gasteiger partial charge >= 0.3 is 0 Å². The number of rotatable bonds is 8. The van der Waals surface area contributed by atoms with Gasteiger partial charge in [0, 0.05) is 13.1 Å². The van der Waals surface area contributed by atoms with Crippen molar-refractivity contribution < 1.29 is 4.79 Å². The van der Waals surface area contributed by atoms with E-state index in [1.165, 1.54) is 30.2 Å². The standard InChI is InChI=1S/C22H25N5O2S/c1-2-14-26-20(29)17-10-6-7-11-18(17)27-21(26)24-25-22(27)30-15-19(28)23-13-12-16-8-4-3-5-9-16/h2,6-8,10-11H,1,3-5,9,12-15H2,(H,23,28). The van der Waals surface area contributed by atoms with E-state index >= 15 is 0 Å². The Hall–Kier alpha value is -2.87. The molecule has 2 heterocycles. The Morgan fingerprint density at radius 1 is 1.27 bits per heavy atom. The molecule has 7 nitrogen and oxygen atoms in total. The first-order chi connectivity index (χ1) is 14.7. The molecule has 0 saturated carbocycles. The molecule has 8 heteroatoms. The van der Waals surface area contributed by atoms with Crippen LogP contribution >= 0.6 is 11.8 Å². The maximum Gasteiger partial charge on any atom is 0.263 e. The number of fused-ring (bicyclic) bond motifs is 3. The lowest BCUT2D eigenvalue weighted by atomic mass is 9.97. The van der Waals surface area contributed by atoms with Gasteiger partial charge < -0.3 is 5.32 Å². The predicted molar refractivity (Wildman–Crippen MR) is 120 cm³/mol. The summed E-state index contributed by atoms with van der Waals surface area (Å²) < 4.78 is 3.38. The molecule has 1 aliphatic rings. The highest BCUT2D eigenvalue weighted by Crippen LogP contribution is 2.22. The van der Waals surface area contributed by atoms with Gasteiger partial charge in [-0.25, -0.2) is 0 Å². The van der Waals surface area contributed by atoms with Crippen molar-refractivity contribution in [3.05, 3.63) is 58.9 Å². The molecule has 0 unspecified atom stereocenters. The van der Waals surface area contributed by atoms with E-state index in [1.54, 1.807) is 16.7 Å². The fourth-order valence-electron chi connectivity index (χ4n) is 3.80.